The van der Waals surface area contributed by atoms with Gasteiger partial charge in [0.25, 0.3) is 0 Å². The van der Waals surface area contributed by atoms with Gasteiger partial charge in [0.05, 0.1) is 16.1 Å². The molecule has 1 aromatic rings. The van der Waals surface area contributed by atoms with Crippen molar-refractivity contribution in [2.24, 2.45) is 5.89 Å². The summed E-state index contributed by atoms with van der Waals surface area (Å²) in [7, 11) is 0. The largest absolute Gasteiger partial charge is 0.450 e. The molecule has 0 aliphatic heterocycles. The summed E-state index contributed by atoms with van der Waals surface area (Å²) in [5, 5.41) is 12.1. The lowest BCUT2D eigenvalue weighted by atomic mass is 9.73. The first-order chi connectivity index (χ1) is 20.9. The number of ether oxygens (including phenoxy) is 1. The third kappa shape index (κ3) is 5.09. The number of hydrogen-bond donors (Lipinski definition) is 1. The van der Waals surface area contributed by atoms with Crippen LogP contribution in [0.3, 0.4) is 0 Å². The van der Waals surface area contributed by atoms with Gasteiger partial charge < -0.3 is 9.84 Å². The second-order valence-corrected chi connectivity index (χ2v) is 4.48. The van der Waals surface area contributed by atoms with E-state index in [4.69, 9.17) is 34.9 Å². The van der Waals surface area contributed by atoms with Gasteiger partial charge >= 0.3 is 5.97 Å². The minimum Gasteiger partial charge on any atom is -0.450 e. The van der Waals surface area contributed by atoms with E-state index in [1.807, 2.05) is 5.92 Å². The first-order valence-corrected chi connectivity index (χ1v) is 7.19. The van der Waals surface area contributed by atoms with Crippen molar-refractivity contribution in [2.75, 3.05) is 26.1 Å². The van der Waals surface area contributed by atoms with E-state index in [-0.39, 0.29) is 4.90 Å². The molecular weight excluding hydrogens is 326 g/mol. The van der Waals surface area contributed by atoms with E-state index in [2.05, 4.69) is 0 Å². The zero-order chi connectivity index (χ0) is 38.4. The van der Waals surface area contributed by atoms with Crippen molar-refractivity contribution in [2.45, 2.75) is 51.3 Å². The lowest BCUT2D eigenvalue weighted by Crippen LogP contribution is -2.45. The fourth-order valence-corrected chi connectivity index (χ4v) is 1.75. The highest BCUT2D eigenvalue weighted by Gasteiger charge is 2.46. The molecule has 1 aliphatic carbocycles. The van der Waals surface area contributed by atoms with Gasteiger partial charge in [-0.15, -0.1) is 0 Å². The zero-order valence-electron chi connectivity index (χ0n) is 35.9. The first-order valence-electron chi connectivity index (χ1n) is 18.2. The predicted molar refractivity (Wildman–Crippen MR) is 103 cm³/mol. The monoisotopic (exact) mass is 379 g/mol. The smallest absolute Gasteiger partial charge is 0.344 e. The molecule has 1 unspecified atom stereocenters. The van der Waals surface area contributed by atoms with E-state index in [0.29, 0.717) is 0 Å². The van der Waals surface area contributed by atoms with E-state index in [0.717, 1.165) is 13.8 Å². The van der Waals surface area contributed by atoms with Gasteiger partial charge in [-0.25, -0.2) is 4.79 Å². The third-order valence-electron chi connectivity index (χ3n) is 3.00. The molecule has 1 fully saturated rings. The van der Waals surface area contributed by atoms with Crippen molar-refractivity contribution >= 4 is 5.97 Å². The summed E-state index contributed by atoms with van der Waals surface area (Å²) in [6.45, 7) is -8.38. The van der Waals surface area contributed by atoms with Crippen molar-refractivity contribution in [3.63, 3.8) is 0 Å². The van der Waals surface area contributed by atoms with E-state index in [1.54, 1.807) is 5.92 Å². The number of hydrogen-bond acceptors (Lipinski definition) is 4. The van der Waals surface area contributed by atoms with Gasteiger partial charge in [-0.3, -0.25) is 4.90 Å². The summed E-state index contributed by atoms with van der Waals surface area (Å²) in [5.41, 5.74) is -6.40. The van der Waals surface area contributed by atoms with E-state index >= 15 is 0 Å². The van der Waals surface area contributed by atoms with Gasteiger partial charge in [0, 0.05) is 26.5 Å². The maximum absolute atomic E-state index is 13.8. The summed E-state index contributed by atoms with van der Waals surface area (Å²) >= 11 is 0. The Morgan fingerprint density at radius 1 is 1.35 bits per heavy atom. The summed E-state index contributed by atoms with van der Waals surface area (Å²) in [5.74, 6) is -3.56. The Hall–Kier alpha value is -1.83. The molecule has 1 aromatic carbocycles. The minimum absolute atomic E-state index is 0.0485. The maximum Gasteiger partial charge on any atom is 0.344 e. The molecule has 0 amide bonds. The quantitative estimate of drug-likeness (QED) is 0.583. The van der Waals surface area contributed by atoms with Crippen LogP contribution in [-0.4, -0.2) is 42.1 Å². The lowest BCUT2D eigenvalue weighted by molar-refractivity contribution is -0.174. The molecule has 0 radical (unpaired) electrons. The van der Waals surface area contributed by atoms with Gasteiger partial charge in [-0.2, -0.15) is 0 Å². The summed E-state index contributed by atoms with van der Waals surface area (Å²) < 4.78 is 184. The van der Waals surface area contributed by atoms with Gasteiger partial charge in [-0.1, -0.05) is 75.0 Å². The Balaban J connectivity index is 3.01. The molecule has 4 nitrogen and oxygen atoms in total. The highest BCUT2D eigenvalue weighted by atomic mass is 16.5. The topological polar surface area (TPSA) is 49.8 Å². The average Bonchev–Trinajstić information content (AvgIpc) is 2.89. The molecule has 1 N–H and O–H groups in total. The molecule has 0 aromatic heterocycles. The van der Waals surface area contributed by atoms with Crippen LogP contribution < -0.4 is 0 Å². The van der Waals surface area contributed by atoms with Crippen molar-refractivity contribution in [3.05, 3.63) is 35.8 Å². The molecular formula is C22H31NO3. The third-order valence-corrected chi connectivity index (χ3v) is 3.00. The van der Waals surface area contributed by atoms with E-state index in [1.165, 1.54) is 0 Å². The number of carbonyl (C=O) groups is 1. The Kier molecular flexibility index (Phi) is 2.32. The lowest BCUT2D eigenvalue weighted by Gasteiger charge is -2.36. The standard InChI is InChI=1S/C22H31NO3/c1-3-23(4-2)17-11-12-18-26-21(24)22(25,19-13-7-5-8-14-19)20-15-9-6-10-16-20/h5,7-8,13-14,20,25H,3-4,6,9-10,15-18H2,1-2H3/i3D2,4D2,5D,6D2,7D,8D,9D2,10D2,13D,14D,15D2,16D2,17D2,20D. The number of rotatable bonds is 7. The molecule has 0 saturated heterocycles. The normalized spacial score (nSPS) is 42.2. The summed E-state index contributed by atoms with van der Waals surface area (Å²) in [6.07, 6.45) is -21.8. The molecule has 142 valence electrons. The highest BCUT2D eigenvalue weighted by molar-refractivity contribution is 5.81. The van der Waals surface area contributed by atoms with Crippen LogP contribution in [0.5, 0.6) is 0 Å². The van der Waals surface area contributed by atoms with Crippen LogP contribution in [0, 0.1) is 17.7 Å². The molecule has 0 heterocycles. The minimum atomic E-state index is -4.70. The molecule has 2 rings (SSSR count). The Labute approximate surface area is 188 Å². The van der Waals surface area contributed by atoms with Crippen LogP contribution >= 0.6 is 0 Å². The number of carbonyl (C=O) groups excluding carboxylic acids is 1. The average molecular weight is 380 g/mol. The summed E-state index contributed by atoms with van der Waals surface area (Å²) in [6, 6.07) is -6.97. The van der Waals surface area contributed by atoms with Crippen LogP contribution in [0.4, 0.5) is 0 Å². The number of esters is 1. The van der Waals surface area contributed by atoms with Crippen molar-refractivity contribution in [1.29, 1.82) is 0 Å². The van der Waals surface area contributed by atoms with E-state index in [9.17, 15) is 9.90 Å². The molecule has 1 saturated carbocycles. The molecule has 4 heteroatoms. The van der Waals surface area contributed by atoms with Crippen molar-refractivity contribution in [1.82, 2.24) is 4.90 Å². The molecule has 26 heavy (non-hydrogen) atoms. The molecule has 0 spiro atoms. The molecule has 0 bridgehead atoms. The predicted octanol–water partition coefficient (Wildman–Crippen LogP) is 3.34. The van der Waals surface area contributed by atoms with Gasteiger partial charge in [-0.05, 0) is 31.3 Å². The van der Waals surface area contributed by atoms with Crippen LogP contribution in [0.2, 0.25) is 0 Å². The summed E-state index contributed by atoms with van der Waals surface area (Å²) in [4.78, 5) is 13.9. The number of nitrogens with zero attached hydrogens (tertiary/aromatic N) is 1. The first kappa shape index (κ1) is 5.83. The zero-order valence-corrected chi connectivity index (χ0v) is 13.9. The fourth-order valence-electron chi connectivity index (χ4n) is 1.75. The van der Waals surface area contributed by atoms with E-state index < -0.39 is 111 Å². The van der Waals surface area contributed by atoms with Gasteiger partial charge in [0.15, 0.2) is 12.2 Å². The fraction of sp³-hybridized carbons (Fsp3) is 0.591. The van der Waals surface area contributed by atoms with Crippen LogP contribution in [0.25, 0.3) is 0 Å². The van der Waals surface area contributed by atoms with Crippen LogP contribution in [0.1, 0.15) is 81.4 Å². The van der Waals surface area contributed by atoms with Crippen molar-refractivity contribution in [3.8, 4) is 11.8 Å². The molecule has 1 aliphatic rings. The van der Waals surface area contributed by atoms with Crippen molar-refractivity contribution < 1.29 is 44.8 Å². The Bertz CT molecular complexity index is 1460. The second-order valence-electron chi connectivity index (χ2n) is 4.48. The highest BCUT2D eigenvalue weighted by Crippen LogP contribution is 2.40. The SMILES string of the molecule is [2H]c1c([2H])c([2H])c(C(O)(C(=O)OCC#CC([2H])([2H])N(C([2H])([2H])C)C([2H])([2H])C)C2([2H])C([2H])([2H])C([2H])([2H])C([2H])([2H])C([2H])([2H])C2([2H])[2H])c([2H])c1[2H]. The maximum atomic E-state index is 13.8. The number of benzene rings is 1. The number of aliphatic hydroxyl groups is 1. The van der Waals surface area contributed by atoms with Gasteiger partial charge in [0.1, 0.15) is 0 Å². The second kappa shape index (κ2) is 10.4. The van der Waals surface area contributed by atoms with Crippen LogP contribution in [-0.2, 0) is 15.1 Å². The Morgan fingerprint density at radius 3 is 2.62 bits per heavy atom. The molecule has 1 atom stereocenters. The van der Waals surface area contributed by atoms with Crippen LogP contribution in [0.15, 0.2) is 30.2 Å². The van der Waals surface area contributed by atoms with Gasteiger partial charge in [0.2, 0.25) is 0 Å². The Morgan fingerprint density at radius 2 is 2.00 bits per heavy atom.